The largest absolute Gasteiger partial charge is 0.368 e. The number of anilines is 1. The van der Waals surface area contributed by atoms with Gasteiger partial charge >= 0.3 is 0 Å². The molecule has 3 nitrogen and oxygen atoms in total. The Morgan fingerprint density at radius 2 is 1.93 bits per heavy atom. The first-order valence-corrected chi connectivity index (χ1v) is 5.49. The maximum absolute atomic E-state index is 4.44. The van der Waals surface area contributed by atoms with Gasteiger partial charge in [-0.1, -0.05) is 20.8 Å². The third-order valence-corrected chi connectivity index (χ3v) is 2.90. The maximum atomic E-state index is 4.44. The van der Waals surface area contributed by atoms with Gasteiger partial charge in [0.1, 0.15) is 5.82 Å². The SMILES string of the molecule is CCC(C)(C)CNc1cnc(C)c(C)n1. The molecule has 0 aliphatic heterocycles. The maximum Gasteiger partial charge on any atom is 0.144 e. The van der Waals surface area contributed by atoms with E-state index in [1.807, 2.05) is 13.8 Å². The van der Waals surface area contributed by atoms with Crippen LogP contribution < -0.4 is 5.32 Å². The van der Waals surface area contributed by atoms with Gasteiger partial charge in [0.2, 0.25) is 0 Å². The first kappa shape index (κ1) is 12.0. The normalized spacial score (nSPS) is 11.5. The molecule has 0 saturated heterocycles. The van der Waals surface area contributed by atoms with Crippen LogP contribution in [0.2, 0.25) is 0 Å². The van der Waals surface area contributed by atoms with E-state index in [9.17, 15) is 0 Å². The molecule has 0 aromatic carbocycles. The number of aromatic nitrogens is 2. The molecule has 1 heterocycles. The molecule has 1 aromatic heterocycles. The molecule has 3 heteroatoms. The predicted octanol–water partition coefficient (Wildman–Crippen LogP) is 2.94. The van der Waals surface area contributed by atoms with Crippen LogP contribution in [0.5, 0.6) is 0 Å². The molecule has 84 valence electrons. The molecular formula is C12H21N3. The van der Waals surface area contributed by atoms with Crippen molar-refractivity contribution in [2.75, 3.05) is 11.9 Å². The fourth-order valence-corrected chi connectivity index (χ4v) is 1.08. The van der Waals surface area contributed by atoms with E-state index in [1.54, 1.807) is 6.20 Å². The summed E-state index contributed by atoms with van der Waals surface area (Å²) in [7, 11) is 0. The van der Waals surface area contributed by atoms with Gasteiger partial charge in [0.25, 0.3) is 0 Å². The molecule has 0 spiro atoms. The lowest BCUT2D eigenvalue weighted by Gasteiger charge is -2.23. The van der Waals surface area contributed by atoms with Crippen molar-refractivity contribution in [3.05, 3.63) is 17.6 Å². The van der Waals surface area contributed by atoms with Crippen molar-refractivity contribution in [1.82, 2.24) is 9.97 Å². The summed E-state index contributed by atoms with van der Waals surface area (Å²) >= 11 is 0. The first-order valence-electron chi connectivity index (χ1n) is 5.49. The topological polar surface area (TPSA) is 37.8 Å². The Kier molecular flexibility index (Phi) is 3.66. The van der Waals surface area contributed by atoms with Gasteiger partial charge in [0.05, 0.1) is 17.6 Å². The average molecular weight is 207 g/mol. The summed E-state index contributed by atoms with van der Waals surface area (Å²) in [6.45, 7) is 11.6. The Morgan fingerprint density at radius 1 is 1.27 bits per heavy atom. The number of hydrogen-bond donors (Lipinski definition) is 1. The van der Waals surface area contributed by atoms with Crippen molar-refractivity contribution < 1.29 is 0 Å². The van der Waals surface area contributed by atoms with Crippen molar-refractivity contribution in [3.8, 4) is 0 Å². The summed E-state index contributed by atoms with van der Waals surface area (Å²) in [4.78, 5) is 8.72. The Bertz CT molecular complexity index is 332. The van der Waals surface area contributed by atoms with Gasteiger partial charge < -0.3 is 5.32 Å². The second kappa shape index (κ2) is 4.60. The van der Waals surface area contributed by atoms with Crippen molar-refractivity contribution in [1.29, 1.82) is 0 Å². The molecule has 1 aromatic rings. The second-order valence-electron chi connectivity index (χ2n) is 4.80. The van der Waals surface area contributed by atoms with Gasteiger partial charge in [0.15, 0.2) is 0 Å². The van der Waals surface area contributed by atoms with E-state index < -0.39 is 0 Å². The van der Waals surface area contributed by atoms with Crippen LogP contribution in [0.15, 0.2) is 6.20 Å². The summed E-state index contributed by atoms with van der Waals surface area (Å²) in [5.74, 6) is 0.875. The van der Waals surface area contributed by atoms with Crippen LogP contribution in [0, 0.1) is 19.3 Å². The number of hydrogen-bond acceptors (Lipinski definition) is 3. The van der Waals surface area contributed by atoms with Gasteiger partial charge in [-0.25, -0.2) is 4.98 Å². The van der Waals surface area contributed by atoms with Crippen LogP contribution in [-0.2, 0) is 0 Å². The van der Waals surface area contributed by atoms with Gasteiger partial charge in [-0.15, -0.1) is 0 Å². The van der Waals surface area contributed by atoms with E-state index in [0.29, 0.717) is 5.41 Å². The van der Waals surface area contributed by atoms with E-state index in [1.165, 1.54) is 0 Å². The van der Waals surface area contributed by atoms with Crippen molar-refractivity contribution >= 4 is 5.82 Å². The highest BCUT2D eigenvalue weighted by Crippen LogP contribution is 2.19. The zero-order chi connectivity index (χ0) is 11.5. The van der Waals surface area contributed by atoms with Crippen LogP contribution in [0.1, 0.15) is 38.6 Å². The number of nitrogens with one attached hydrogen (secondary N) is 1. The molecule has 0 radical (unpaired) electrons. The molecule has 1 rings (SSSR count). The number of nitrogens with zero attached hydrogens (tertiary/aromatic N) is 2. The molecule has 0 aliphatic carbocycles. The monoisotopic (exact) mass is 207 g/mol. The third-order valence-electron chi connectivity index (χ3n) is 2.90. The summed E-state index contributed by atoms with van der Waals surface area (Å²) < 4.78 is 0. The molecule has 0 atom stereocenters. The zero-order valence-electron chi connectivity index (χ0n) is 10.4. The van der Waals surface area contributed by atoms with E-state index in [-0.39, 0.29) is 0 Å². The average Bonchev–Trinajstić information content (AvgIpc) is 2.20. The Labute approximate surface area is 92.3 Å². The molecule has 1 N–H and O–H groups in total. The Hall–Kier alpha value is -1.12. The fraction of sp³-hybridized carbons (Fsp3) is 0.667. The quantitative estimate of drug-likeness (QED) is 0.825. The highest BCUT2D eigenvalue weighted by atomic mass is 15.0. The minimum absolute atomic E-state index is 0.306. The van der Waals surface area contributed by atoms with Crippen LogP contribution in [0.25, 0.3) is 0 Å². The van der Waals surface area contributed by atoms with Crippen molar-refractivity contribution in [2.24, 2.45) is 5.41 Å². The molecule has 0 bridgehead atoms. The smallest absolute Gasteiger partial charge is 0.144 e. The molecule has 15 heavy (non-hydrogen) atoms. The van der Waals surface area contributed by atoms with Crippen molar-refractivity contribution in [3.63, 3.8) is 0 Å². The van der Waals surface area contributed by atoms with E-state index >= 15 is 0 Å². The van der Waals surface area contributed by atoms with Gasteiger partial charge in [-0.05, 0) is 25.7 Å². The predicted molar refractivity (Wildman–Crippen MR) is 64.1 cm³/mol. The molecular weight excluding hydrogens is 186 g/mol. The lowest BCUT2D eigenvalue weighted by Crippen LogP contribution is -2.22. The first-order chi connectivity index (χ1) is 6.94. The van der Waals surface area contributed by atoms with E-state index in [4.69, 9.17) is 0 Å². The minimum Gasteiger partial charge on any atom is -0.368 e. The summed E-state index contributed by atoms with van der Waals surface area (Å²) in [6, 6.07) is 0. The lowest BCUT2D eigenvalue weighted by atomic mass is 9.90. The summed E-state index contributed by atoms with van der Waals surface area (Å²) in [5, 5.41) is 3.33. The fourth-order valence-electron chi connectivity index (χ4n) is 1.08. The highest BCUT2D eigenvalue weighted by Gasteiger charge is 2.14. The van der Waals surface area contributed by atoms with Crippen LogP contribution >= 0.6 is 0 Å². The second-order valence-corrected chi connectivity index (χ2v) is 4.80. The van der Waals surface area contributed by atoms with Gasteiger partial charge in [0, 0.05) is 6.54 Å². The van der Waals surface area contributed by atoms with E-state index in [0.717, 1.165) is 30.2 Å². The number of aryl methyl sites for hydroxylation is 2. The third kappa shape index (κ3) is 3.50. The molecule has 0 fully saturated rings. The minimum atomic E-state index is 0.306. The Balaban J connectivity index is 2.62. The lowest BCUT2D eigenvalue weighted by molar-refractivity contribution is 0.376. The van der Waals surface area contributed by atoms with Crippen molar-refractivity contribution in [2.45, 2.75) is 41.0 Å². The van der Waals surface area contributed by atoms with Crippen LogP contribution in [0.3, 0.4) is 0 Å². The molecule has 0 aliphatic rings. The van der Waals surface area contributed by atoms with Gasteiger partial charge in [-0.2, -0.15) is 0 Å². The zero-order valence-corrected chi connectivity index (χ0v) is 10.4. The molecule has 0 amide bonds. The highest BCUT2D eigenvalue weighted by molar-refractivity contribution is 5.33. The summed E-state index contributed by atoms with van der Waals surface area (Å²) in [5.41, 5.74) is 2.30. The summed E-state index contributed by atoms with van der Waals surface area (Å²) in [6.07, 6.45) is 2.95. The number of rotatable bonds is 4. The van der Waals surface area contributed by atoms with Crippen LogP contribution in [0.4, 0.5) is 5.82 Å². The Morgan fingerprint density at radius 3 is 2.47 bits per heavy atom. The standard InChI is InChI=1S/C12H21N3/c1-6-12(4,5)8-14-11-7-13-9(2)10(3)15-11/h7H,6,8H2,1-5H3,(H,14,15). The molecule has 0 saturated carbocycles. The van der Waals surface area contributed by atoms with E-state index in [2.05, 4.69) is 36.1 Å². The van der Waals surface area contributed by atoms with Gasteiger partial charge in [-0.3, -0.25) is 4.98 Å². The molecule has 0 unspecified atom stereocenters. The van der Waals surface area contributed by atoms with Crippen LogP contribution in [-0.4, -0.2) is 16.5 Å².